The molecule has 1 atom stereocenters. The van der Waals surface area contributed by atoms with E-state index >= 15 is 0 Å². The smallest absolute Gasteiger partial charge is 0.336 e. The highest BCUT2D eigenvalue weighted by Gasteiger charge is 2.37. The van der Waals surface area contributed by atoms with Crippen molar-refractivity contribution in [2.45, 2.75) is 19.8 Å². The molecule has 37 heavy (non-hydrogen) atoms. The summed E-state index contributed by atoms with van der Waals surface area (Å²) in [5.41, 5.74) is 5.91. The molecule has 6 rings (SSSR count). The highest BCUT2D eigenvalue weighted by Crippen LogP contribution is 2.49. The molecule has 8 nitrogen and oxygen atoms in total. The largest absolute Gasteiger partial charge is 0.463 e. The molecule has 1 aliphatic heterocycles. The van der Waals surface area contributed by atoms with Crippen LogP contribution in [0.4, 0.5) is 11.4 Å². The van der Waals surface area contributed by atoms with Gasteiger partial charge in [0.15, 0.2) is 0 Å². The fraction of sp³-hybridized carbons (Fsp3) is 0.138. The maximum absolute atomic E-state index is 13.3. The van der Waals surface area contributed by atoms with Gasteiger partial charge in [0.05, 0.1) is 44.9 Å². The number of fused-ring (bicyclic) bond motifs is 7. The van der Waals surface area contributed by atoms with Gasteiger partial charge >= 0.3 is 5.97 Å². The summed E-state index contributed by atoms with van der Waals surface area (Å²) in [5, 5.41) is 17.0. The standard InChI is InChI=1S/C29H22N4O4/c1-3-37-29(34)23-16(2)30-26-19-11-4-5-12-20(19)27-28(32-22-14-7-6-13-21(22)31-27)25(26)24(23)17-9-8-10-18(15-17)33(35)36/h4-15,24,30H,3H2,1-2H3. The molecule has 0 saturated carbocycles. The second-order valence-electron chi connectivity index (χ2n) is 8.91. The van der Waals surface area contributed by atoms with Gasteiger partial charge in [-0.1, -0.05) is 48.5 Å². The maximum atomic E-state index is 13.3. The first kappa shape index (κ1) is 22.6. The van der Waals surface area contributed by atoms with Crippen molar-refractivity contribution in [2.24, 2.45) is 0 Å². The Bertz CT molecular complexity index is 1790. The summed E-state index contributed by atoms with van der Waals surface area (Å²) in [6.07, 6.45) is 0. The summed E-state index contributed by atoms with van der Waals surface area (Å²) < 4.78 is 5.46. The van der Waals surface area contributed by atoms with Crippen LogP contribution in [-0.4, -0.2) is 27.5 Å². The van der Waals surface area contributed by atoms with Crippen LogP contribution >= 0.6 is 0 Å². The number of aromatic nitrogens is 2. The first-order valence-corrected chi connectivity index (χ1v) is 12.0. The second-order valence-corrected chi connectivity index (χ2v) is 8.91. The predicted molar refractivity (Wildman–Crippen MR) is 142 cm³/mol. The van der Waals surface area contributed by atoms with Crippen LogP contribution in [0.25, 0.3) is 32.8 Å². The lowest BCUT2D eigenvalue weighted by atomic mass is 9.78. The van der Waals surface area contributed by atoms with Crippen LogP contribution in [0.15, 0.2) is 84.1 Å². The quantitative estimate of drug-likeness (QED) is 0.104. The minimum atomic E-state index is -0.655. The van der Waals surface area contributed by atoms with Gasteiger partial charge in [-0.2, -0.15) is 0 Å². The average molecular weight is 491 g/mol. The zero-order chi connectivity index (χ0) is 25.7. The molecule has 0 bridgehead atoms. The second kappa shape index (κ2) is 8.67. The third-order valence-corrected chi connectivity index (χ3v) is 6.75. The van der Waals surface area contributed by atoms with Gasteiger partial charge in [-0.05, 0) is 31.5 Å². The Morgan fingerprint density at radius 2 is 1.65 bits per heavy atom. The normalized spacial score (nSPS) is 15.0. The number of carbonyl (C=O) groups excluding carboxylic acids is 1. The number of nitro groups is 1. The van der Waals surface area contributed by atoms with E-state index in [1.54, 1.807) is 19.1 Å². The van der Waals surface area contributed by atoms with Gasteiger partial charge in [0.25, 0.3) is 5.69 Å². The summed E-state index contributed by atoms with van der Waals surface area (Å²) in [6.45, 7) is 3.78. The highest BCUT2D eigenvalue weighted by molar-refractivity contribution is 6.15. The van der Waals surface area contributed by atoms with E-state index in [9.17, 15) is 14.9 Å². The Hall–Kier alpha value is -4.85. The number of rotatable bonds is 4. The van der Waals surface area contributed by atoms with E-state index < -0.39 is 16.8 Å². The van der Waals surface area contributed by atoms with E-state index in [0.717, 1.165) is 27.5 Å². The Morgan fingerprint density at radius 1 is 0.973 bits per heavy atom. The number of para-hydroxylation sites is 2. The fourth-order valence-electron chi connectivity index (χ4n) is 5.21. The van der Waals surface area contributed by atoms with Gasteiger partial charge in [-0.3, -0.25) is 10.1 Å². The van der Waals surface area contributed by atoms with E-state index in [4.69, 9.17) is 14.7 Å². The first-order valence-electron chi connectivity index (χ1n) is 12.0. The summed E-state index contributed by atoms with van der Waals surface area (Å²) in [4.78, 5) is 34.6. The molecule has 0 saturated heterocycles. The number of nitrogens with one attached hydrogen (secondary N) is 1. The lowest BCUT2D eigenvalue weighted by Crippen LogP contribution is -2.25. The Labute approximate surface area is 211 Å². The summed E-state index contributed by atoms with van der Waals surface area (Å²) >= 11 is 0. The van der Waals surface area contributed by atoms with Crippen molar-refractivity contribution in [3.63, 3.8) is 0 Å². The van der Waals surface area contributed by atoms with Crippen molar-refractivity contribution in [1.82, 2.24) is 9.97 Å². The lowest BCUT2D eigenvalue weighted by Gasteiger charge is -2.32. The van der Waals surface area contributed by atoms with Crippen LogP contribution < -0.4 is 5.32 Å². The minimum absolute atomic E-state index is 0.0555. The molecule has 1 N–H and O–H groups in total. The topological polar surface area (TPSA) is 107 Å². The third kappa shape index (κ3) is 3.57. The Balaban J connectivity index is 1.78. The minimum Gasteiger partial charge on any atom is -0.463 e. The highest BCUT2D eigenvalue weighted by atomic mass is 16.6. The van der Waals surface area contributed by atoms with Gasteiger partial charge < -0.3 is 10.1 Å². The van der Waals surface area contributed by atoms with Crippen LogP contribution in [0.5, 0.6) is 0 Å². The molecule has 182 valence electrons. The molecule has 0 amide bonds. The van der Waals surface area contributed by atoms with Crippen LogP contribution in [-0.2, 0) is 9.53 Å². The van der Waals surface area contributed by atoms with Gasteiger partial charge in [0, 0.05) is 40.1 Å². The molecule has 2 heterocycles. The number of hydrogen-bond donors (Lipinski definition) is 1. The number of nitro benzene ring substituents is 1. The van der Waals surface area contributed by atoms with E-state index in [2.05, 4.69) is 5.32 Å². The molecule has 1 aliphatic rings. The van der Waals surface area contributed by atoms with E-state index in [-0.39, 0.29) is 12.3 Å². The van der Waals surface area contributed by atoms with E-state index in [1.165, 1.54) is 12.1 Å². The number of non-ortho nitro benzene ring substituents is 1. The molecule has 0 fully saturated rings. The van der Waals surface area contributed by atoms with Crippen molar-refractivity contribution < 1.29 is 14.5 Å². The predicted octanol–water partition coefficient (Wildman–Crippen LogP) is 6.24. The van der Waals surface area contributed by atoms with Crippen LogP contribution in [0.3, 0.4) is 0 Å². The fourth-order valence-corrected chi connectivity index (χ4v) is 5.21. The molecule has 5 aromatic rings. The molecule has 0 radical (unpaired) electrons. The molecular weight excluding hydrogens is 468 g/mol. The molecule has 4 aromatic carbocycles. The molecular formula is C29H22N4O4. The third-order valence-electron chi connectivity index (χ3n) is 6.75. The van der Waals surface area contributed by atoms with Crippen molar-refractivity contribution in [2.75, 3.05) is 11.9 Å². The van der Waals surface area contributed by atoms with Crippen LogP contribution in [0.2, 0.25) is 0 Å². The van der Waals surface area contributed by atoms with Crippen molar-refractivity contribution in [3.05, 3.63) is 105 Å². The summed E-state index contributed by atoms with van der Waals surface area (Å²) in [5.74, 6) is -1.14. The van der Waals surface area contributed by atoms with Crippen LogP contribution in [0, 0.1) is 10.1 Å². The molecule has 1 aromatic heterocycles. The first-order chi connectivity index (χ1) is 18.0. The Kier molecular flexibility index (Phi) is 5.30. The number of carbonyl (C=O) groups is 1. The van der Waals surface area contributed by atoms with Gasteiger partial charge in [0.1, 0.15) is 0 Å². The van der Waals surface area contributed by atoms with Crippen molar-refractivity contribution in [1.29, 1.82) is 0 Å². The number of ether oxygens (including phenoxy) is 1. The van der Waals surface area contributed by atoms with E-state index in [0.29, 0.717) is 33.4 Å². The van der Waals surface area contributed by atoms with Gasteiger partial charge in [-0.25, -0.2) is 14.8 Å². The summed E-state index contributed by atoms with van der Waals surface area (Å²) in [7, 11) is 0. The van der Waals surface area contributed by atoms with Gasteiger partial charge in [0.2, 0.25) is 0 Å². The summed E-state index contributed by atoms with van der Waals surface area (Å²) in [6, 6.07) is 22.0. The molecule has 0 spiro atoms. The number of anilines is 1. The number of hydrogen-bond acceptors (Lipinski definition) is 7. The lowest BCUT2D eigenvalue weighted by molar-refractivity contribution is -0.384. The monoisotopic (exact) mass is 490 g/mol. The molecule has 8 heteroatoms. The number of benzene rings is 4. The zero-order valence-electron chi connectivity index (χ0n) is 20.2. The zero-order valence-corrected chi connectivity index (χ0v) is 20.2. The van der Waals surface area contributed by atoms with Crippen molar-refractivity contribution >= 4 is 50.2 Å². The number of allylic oxidation sites excluding steroid dienone is 1. The number of nitrogens with zero attached hydrogens (tertiary/aromatic N) is 3. The average Bonchev–Trinajstić information content (AvgIpc) is 2.91. The molecule has 1 unspecified atom stereocenters. The van der Waals surface area contributed by atoms with Crippen molar-refractivity contribution in [3.8, 4) is 0 Å². The molecule has 0 aliphatic carbocycles. The SMILES string of the molecule is CCOC(=O)C1=C(C)Nc2c(c3nc4ccccc4nc3c3ccccc23)C1c1cccc([N+](=O)[O-])c1. The maximum Gasteiger partial charge on any atom is 0.336 e. The van der Waals surface area contributed by atoms with Crippen LogP contribution in [0.1, 0.15) is 30.9 Å². The number of esters is 1. The van der Waals surface area contributed by atoms with Gasteiger partial charge in [-0.15, -0.1) is 0 Å². The van der Waals surface area contributed by atoms with E-state index in [1.807, 2.05) is 55.5 Å². The Morgan fingerprint density at radius 3 is 2.35 bits per heavy atom.